The van der Waals surface area contributed by atoms with Gasteiger partial charge in [-0.05, 0) is 31.6 Å². The number of hydrogen-bond donors (Lipinski definition) is 8. The maximum Gasteiger partial charge on any atom is 0.326 e. The minimum Gasteiger partial charge on any atom is -0.480 e. The molecule has 0 bridgehead atoms. The van der Waals surface area contributed by atoms with Gasteiger partial charge < -0.3 is 43.6 Å². The molecular formula is C17H33N7O6. The summed E-state index contributed by atoms with van der Waals surface area (Å²) < 4.78 is 0. The summed E-state index contributed by atoms with van der Waals surface area (Å²) in [4.78, 5) is 57.6. The number of hydrogen-bond acceptors (Lipinski definition) is 6. The van der Waals surface area contributed by atoms with E-state index in [-0.39, 0.29) is 31.8 Å². The number of amides is 6. The van der Waals surface area contributed by atoms with Gasteiger partial charge in [0.15, 0.2) is 0 Å². The van der Waals surface area contributed by atoms with Gasteiger partial charge in [-0.15, -0.1) is 0 Å². The summed E-state index contributed by atoms with van der Waals surface area (Å²) >= 11 is 0. The molecule has 0 aromatic rings. The average Bonchev–Trinajstić information content (AvgIpc) is 2.64. The number of aliphatic carboxylic acids is 1. The molecule has 0 saturated carbocycles. The highest BCUT2D eigenvalue weighted by Crippen LogP contribution is 2.05. The number of rotatable bonds is 14. The first-order valence-electron chi connectivity index (χ1n) is 9.61. The van der Waals surface area contributed by atoms with Crippen LogP contribution in [-0.4, -0.2) is 66.2 Å². The zero-order valence-corrected chi connectivity index (χ0v) is 17.3. The van der Waals surface area contributed by atoms with Gasteiger partial charge in [-0.3, -0.25) is 9.59 Å². The van der Waals surface area contributed by atoms with Crippen LogP contribution in [0.1, 0.15) is 39.5 Å². The first kappa shape index (κ1) is 26.9. The first-order valence-corrected chi connectivity index (χ1v) is 9.61. The molecule has 0 aliphatic carbocycles. The smallest absolute Gasteiger partial charge is 0.326 e. The molecule has 13 nitrogen and oxygen atoms in total. The summed E-state index contributed by atoms with van der Waals surface area (Å²) in [5.74, 6) is -2.85. The summed E-state index contributed by atoms with van der Waals surface area (Å²) in [6, 6.07) is -4.54. The fraction of sp³-hybridized carbons (Fsp3) is 0.706. The van der Waals surface area contributed by atoms with Crippen molar-refractivity contribution in [1.82, 2.24) is 21.3 Å². The Morgan fingerprint density at radius 3 is 1.77 bits per heavy atom. The molecule has 172 valence electrons. The van der Waals surface area contributed by atoms with Crippen LogP contribution in [0.25, 0.3) is 0 Å². The third-order valence-electron chi connectivity index (χ3n) is 4.16. The van der Waals surface area contributed by atoms with Gasteiger partial charge in [0.25, 0.3) is 0 Å². The molecule has 0 unspecified atom stereocenters. The lowest BCUT2D eigenvalue weighted by molar-refractivity contribution is -0.143. The normalized spacial score (nSPS) is 13.6. The minimum atomic E-state index is -1.20. The summed E-state index contributed by atoms with van der Waals surface area (Å²) in [7, 11) is 0. The molecule has 0 aliphatic rings. The molecule has 3 atom stereocenters. The van der Waals surface area contributed by atoms with Crippen LogP contribution >= 0.6 is 0 Å². The molecule has 0 spiro atoms. The number of urea groups is 2. The number of nitrogens with one attached hydrogen (secondary N) is 4. The first-order chi connectivity index (χ1) is 14.0. The van der Waals surface area contributed by atoms with Crippen molar-refractivity contribution in [1.29, 1.82) is 0 Å². The Bertz CT molecular complexity index is 613. The maximum absolute atomic E-state index is 12.6. The van der Waals surface area contributed by atoms with E-state index in [9.17, 15) is 29.1 Å². The van der Waals surface area contributed by atoms with Gasteiger partial charge in [0.05, 0.1) is 6.04 Å². The highest BCUT2D eigenvalue weighted by Gasteiger charge is 2.29. The van der Waals surface area contributed by atoms with E-state index in [0.717, 1.165) is 0 Å². The molecule has 0 heterocycles. The van der Waals surface area contributed by atoms with Crippen molar-refractivity contribution in [3.05, 3.63) is 0 Å². The second-order valence-electron chi connectivity index (χ2n) is 7.10. The van der Waals surface area contributed by atoms with Crippen molar-refractivity contribution >= 4 is 29.8 Å². The van der Waals surface area contributed by atoms with Gasteiger partial charge in [-0.25, -0.2) is 14.4 Å². The van der Waals surface area contributed by atoms with Gasteiger partial charge >= 0.3 is 18.0 Å². The second kappa shape index (κ2) is 14.0. The lowest BCUT2D eigenvalue weighted by atomic mass is 10.0. The van der Waals surface area contributed by atoms with Crippen LogP contribution in [0.15, 0.2) is 0 Å². The quantitative estimate of drug-likeness (QED) is 0.143. The van der Waals surface area contributed by atoms with E-state index >= 15 is 0 Å². The highest BCUT2D eigenvalue weighted by molar-refractivity contribution is 5.91. The number of primary amides is 2. The molecule has 0 aromatic heterocycles. The fourth-order valence-corrected chi connectivity index (χ4v) is 2.50. The predicted molar refractivity (Wildman–Crippen MR) is 108 cm³/mol. The van der Waals surface area contributed by atoms with Crippen LogP contribution in [0, 0.1) is 5.92 Å². The van der Waals surface area contributed by atoms with Crippen LogP contribution in [0.5, 0.6) is 0 Å². The third kappa shape index (κ3) is 11.7. The summed E-state index contributed by atoms with van der Waals surface area (Å²) in [5.41, 5.74) is 15.7. The summed E-state index contributed by atoms with van der Waals surface area (Å²) in [5, 5.41) is 18.9. The van der Waals surface area contributed by atoms with Crippen LogP contribution in [-0.2, 0) is 14.4 Å². The van der Waals surface area contributed by atoms with E-state index in [0.29, 0.717) is 12.8 Å². The summed E-state index contributed by atoms with van der Waals surface area (Å²) in [6.07, 6.45) is 1.05. The maximum atomic E-state index is 12.6. The van der Waals surface area contributed by atoms with Crippen molar-refractivity contribution < 1.29 is 29.1 Å². The molecule has 13 heteroatoms. The molecule has 0 fully saturated rings. The van der Waals surface area contributed by atoms with Gasteiger partial charge in [0, 0.05) is 13.1 Å². The number of carbonyl (C=O) groups excluding carboxylic acids is 4. The number of nitrogens with two attached hydrogens (primary N) is 3. The predicted octanol–water partition coefficient (Wildman–Crippen LogP) is -2.08. The minimum absolute atomic E-state index is 0.123. The number of carboxylic acid groups (broad SMARTS) is 1. The Labute approximate surface area is 174 Å². The largest absolute Gasteiger partial charge is 0.480 e. The zero-order valence-electron chi connectivity index (χ0n) is 17.3. The molecule has 0 aliphatic heterocycles. The van der Waals surface area contributed by atoms with E-state index in [2.05, 4.69) is 21.3 Å². The van der Waals surface area contributed by atoms with E-state index in [1.54, 1.807) is 13.8 Å². The molecule has 6 amide bonds. The van der Waals surface area contributed by atoms with E-state index in [4.69, 9.17) is 17.2 Å². The number of carboxylic acids is 1. The zero-order chi connectivity index (χ0) is 23.3. The van der Waals surface area contributed by atoms with Crippen LogP contribution in [0.4, 0.5) is 9.59 Å². The van der Waals surface area contributed by atoms with E-state index < -0.39 is 48.0 Å². The van der Waals surface area contributed by atoms with Gasteiger partial charge in [0.1, 0.15) is 12.1 Å². The van der Waals surface area contributed by atoms with Gasteiger partial charge in [0.2, 0.25) is 11.8 Å². The average molecular weight is 431 g/mol. The lowest BCUT2D eigenvalue weighted by Crippen LogP contribution is -2.55. The molecule has 0 radical (unpaired) electrons. The van der Waals surface area contributed by atoms with Crippen molar-refractivity contribution in [3.63, 3.8) is 0 Å². The van der Waals surface area contributed by atoms with Crippen LogP contribution < -0.4 is 38.5 Å². The Hall–Kier alpha value is -3.09. The molecule has 0 rings (SSSR count). The Balaban J connectivity index is 4.94. The van der Waals surface area contributed by atoms with E-state index in [1.165, 1.54) is 0 Å². The molecule has 11 N–H and O–H groups in total. The topological polar surface area (TPSA) is 232 Å². The van der Waals surface area contributed by atoms with E-state index in [1.807, 2.05) is 0 Å². The second-order valence-corrected chi connectivity index (χ2v) is 7.10. The van der Waals surface area contributed by atoms with Crippen molar-refractivity contribution in [3.8, 4) is 0 Å². The Kier molecular flexibility index (Phi) is 12.5. The van der Waals surface area contributed by atoms with Crippen molar-refractivity contribution in [2.24, 2.45) is 23.1 Å². The molecular weight excluding hydrogens is 398 g/mol. The Morgan fingerprint density at radius 1 is 0.833 bits per heavy atom. The SMILES string of the molecule is CC(C)[C@H](NC(=O)[C@H](CCCNC(N)=O)NC(=O)[C@@H](N)CCCNC(N)=O)C(=O)O. The van der Waals surface area contributed by atoms with Gasteiger partial charge in [-0.2, -0.15) is 0 Å². The monoisotopic (exact) mass is 431 g/mol. The molecule has 0 aromatic carbocycles. The van der Waals surface area contributed by atoms with Crippen LogP contribution in [0.2, 0.25) is 0 Å². The third-order valence-corrected chi connectivity index (χ3v) is 4.16. The highest BCUT2D eigenvalue weighted by atomic mass is 16.4. The summed E-state index contributed by atoms with van der Waals surface area (Å²) in [6.45, 7) is 3.69. The van der Waals surface area contributed by atoms with Gasteiger partial charge in [-0.1, -0.05) is 13.8 Å². The van der Waals surface area contributed by atoms with Crippen molar-refractivity contribution in [2.75, 3.05) is 13.1 Å². The standard InChI is InChI=1S/C17H33N7O6/c1-9(2)12(15(27)28)24-14(26)11(6-4-8-22-17(20)30)23-13(25)10(18)5-3-7-21-16(19)29/h9-12H,3-8,18H2,1-2H3,(H,23,25)(H,24,26)(H,27,28)(H3,19,21,29)(H3,20,22,30)/t10-,11-,12-/m0/s1. The van der Waals surface area contributed by atoms with Crippen molar-refractivity contribution in [2.45, 2.75) is 57.7 Å². The molecule has 30 heavy (non-hydrogen) atoms. The van der Waals surface area contributed by atoms with Crippen LogP contribution in [0.3, 0.4) is 0 Å². The Morgan fingerprint density at radius 2 is 1.33 bits per heavy atom. The lowest BCUT2D eigenvalue weighted by Gasteiger charge is -2.24. The number of carbonyl (C=O) groups is 5. The fourth-order valence-electron chi connectivity index (χ4n) is 2.50. The molecule has 0 saturated heterocycles.